The number of amides is 1. The van der Waals surface area contributed by atoms with Crippen molar-refractivity contribution in [3.8, 4) is 6.07 Å². The first-order valence-electron chi connectivity index (χ1n) is 9.65. The number of nitrogens with one attached hydrogen (secondary N) is 1. The highest BCUT2D eigenvalue weighted by molar-refractivity contribution is 6.06. The third kappa shape index (κ3) is 2.26. The number of likely N-dealkylation sites (tertiary alicyclic amines) is 1. The van der Waals surface area contributed by atoms with Crippen molar-refractivity contribution in [3.05, 3.63) is 76.1 Å². The molecule has 1 saturated heterocycles. The largest absolute Gasteiger partial charge is 0.464 e. The molecule has 1 fully saturated rings. The molecule has 1 amide bonds. The molecule has 5 rings (SSSR count). The minimum absolute atomic E-state index is 0.0207. The number of benzene rings is 2. The highest BCUT2D eigenvalue weighted by Gasteiger charge is 2.63. The zero-order chi connectivity index (χ0) is 21.1. The first-order valence-corrected chi connectivity index (χ1v) is 9.65. The maximum atomic E-state index is 13.0. The first kappa shape index (κ1) is 18.6. The smallest absolute Gasteiger partial charge is 0.249 e. The van der Waals surface area contributed by atoms with Crippen LogP contribution in [-0.2, 0) is 10.3 Å². The van der Waals surface area contributed by atoms with Gasteiger partial charge >= 0.3 is 0 Å². The topological polar surface area (TPSA) is 107 Å². The molecule has 2 aliphatic heterocycles. The Bertz CT molecular complexity index is 1290. The number of aliphatic hydroxyl groups excluding tert-OH is 1. The Hall–Kier alpha value is -3.47. The molecule has 0 radical (unpaired) electrons. The summed E-state index contributed by atoms with van der Waals surface area (Å²) in [7, 11) is 1.76. The number of anilines is 1. The van der Waals surface area contributed by atoms with Crippen molar-refractivity contribution in [1.29, 1.82) is 5.26 Å². The Morgan fingerprint density at radius 2 is 1.93 bits per heavy atom. The number of fused-ring (bicyclic) bond motifs is 3. The molecule has 30 heavy (non-hydrogen) atoms. The summed E-state index contributed by atoms with van der Waals surface area (Å²) in [6.45, 7) is 0.124. The zero-order valence-corrected chi connectivity index (χ0v) is 16.3. The number of para-hydroxylation sites is 2. The van der Waals surface area contributed by atoms with Crippen LogP contribution >= 0.6 is 0 Å². The van der Waals surface area contributed by atoms with E-state index >= 15 is 0 Å². The average Bonchev–Trinajstić information content (AvgIpc) is 3.23. The molecule has 1 spiro atoms. The van der Waals surface area contributed by atoms with E-state index in [1.807, 2.05) is 24.3 Å². The molecule has 0 unspecified atom stereocenters. The van der Waals surface area contributed by atoms with Gasteiger partial charge in [-0.3, -0.25) is 14.5 Å². The Labute approximate surface area is 172 Å². The lowest BCUT2D eigenvalue weighted by Crippen LogP contribution is -2.44. The van der Waals surface area contributed by atoms with Gasteiger partial charge in [0.1, 0.15) is 28.9 Å². The summed E-state index contributed by atoms with van der Waals surface area (Å²) in [6.07, 6.45) is -0.128. The number of carbonyl (C=O) groups is 1. The second-order valence-electron chi connectivity index (χ2n) is 8.08. The van der Waals surface area contributed by atoms with Crippen LogP contribution in [0.2, 0.25) is 0 Å². The van der Waals surface area contributed by atoms with Crippen molar-refractivity contribution >= 4 is 22.6 Å². The second-order valence-corrected chi connectivity index (χ2v) is 8.08. The lowest BCUT2D eigenvalue weighted by molar-refractivity contribution is -0.125. The van der Waals surface area contributed by atoms with E-state index in [9.17, 15) is 20.0 Å². The van der Waals surface area contributed by atoms with Crippen molar-refractivity contribution in [3.63, 3.8) is 0 Å². The lowest BCUT2D eigenvalue weighted by Gasteiger charge is -2.30. The average molecular weight is 401 g/mol. The molecule has 2 aromatic carbocycles. The van der Waals surface area contributed by atoms with Gasteiger partial charge in [0, 0.05) is 24.2 Å². The van der Waals surface area contributed by atoms with Crippen molar-refractivity contribution in [2.24, 2.45) is 5.41 Å². The summed E-state index contributed by atoms with van der Waals surface area (Å²) >= 11 is 0. The summed E-state index contributed by atoms with van der Waals surface area (Å²) in [5, 5.41) is 24.6. The number of hydrogen-bond donors (Lipinski definition) is 2. The molecular weight excluding hydrogens is 382 g/mol. The van der Waals surface area contributed by atoms with E-state index in [2.05, 4.69) is 11.4 Å². The molecule has 1 aromatic heterocycles. The highest BCUT2D eigenvalue weighted by atomic mass is 16.3. The molecule has 7 heteroatoms. The van der Waals surface area contributed by atoms with Gasteiger partial charge in [-0.25, -0.2) is 0 Å². The van der Waals surface area contributed by atoms with E-state index in [1.54, 1.807) is 36.2 Å². The van der Waals surface area contributed by atoms with Gasteiger partial charge in [-0.2, -0.15) is 5.26 Å². The summed E-state index contributed by atoms with van der Waals surface area (Å²) in [5.41, 5.74) is -0.916. The number of aliphatic hydroxyl groups is 1. The van der Waals surface area contributed by atoms with E-state index in [-0.39, 0.29) is 29.9 Å². The fraction of sp³-hybridized carbons (Fsp3) is 0.261. The number of carbonyl (C=O) groups excluding carboxylic acids is 1. The van der Waals surface area contributed by atoms with Gasteiger partial charge in [0.05, 0.1) is 17.0 Å². The summed E-state index contributed by atoms with van der Waals surface area (Å²) in [6, 6.07) is 16.3. The number of nitrogens with zero attached hydrogens (tertiary/aromatic N) is 2. The van der Waals surface area contributed by atoms with Crippen LogP contribution in [-0.4, -0.2) is 29.5 Å². The van der Waals surface area contributed by atoms with E-state index in [0.29, 0.717) is 16.7 Å². The third-order valence-electron chi connectivity index (χ3n) is 6.49. The van der Waals surface area contributed by atoms with Crippen LogP contribution < -0.4 is 10.7 Å². The van der Waals surface area contributed by atoms with Crippen molar-refractivity contribution in [2.45, 2.75) is 18.1 Å². The normalized spacial score (nSPS) is 26.5. The van der Waals surface area contributed by atoms with Crippen molar-refractivity contribution in [1.82, 2.24) is 4.90 Å². The van der Waals surface area contributed by atoms with Gasteiger partial charge in [0.25, 0.3) is 0 Å². The zero-order valence-electron chi connectivity index (χ0n) is 16.3. The van der Waals surface area contributed by atoms with E-state index in [0.717, 1.165) is 5.56 Å². The van der Waals surface area contributed by atoms with Crippen LogP contribution in [0.4, 0.5) is 5.69 Å². The van der Waals surface area contributed by atoms with Crippen LogP contribution in [0.25, 0.3) is 11.0 Å². The van der Waals surface area contributed by atoms with Gasteiger partial charge in [0.2, 0.25) is 5.91 Å². The van der Waals surface area contributed by atoms with Gasteiger partial charge in [0.15, 0.2) is 5.43 Å². The highest BCUT2D eigenvalue weighted by Crippen LogP contribution is 2.55. The molecule has 0 aliphatic carbocycles. The Morgan fingerprint density at radius 1 is 1.20 bits per heavy atom. The Morgan fingerprint density at radius 3 is 2.73 bits per heavy atom. The van der Waals surface area contributed by atoms with Crippen molar-refractivity contribution < 1.29 is 14.3 Å². The summed E-state index contributed by atoms with van der Waals surface area (Å²) in [4.78, 5) is 27.9. The number of hydrogen-bond acceptors (Lipinski definition) is 6. The maximum Gasteiger partial charge on any atom is 0.249 e. The van der Waals surface area contributed by atoms with E-state index in [4.69, 9.17) is 4.42 Å². The van der Waals surface area contributed by atoms with Crippen LogP contribution in [0.3, 0.4) is 0 Å². The lowest BCUT2D eigenvalue weighted by atomic mass is 9.73. The van der Waals surface area contributed by atoms with Gasteiger partial charge < -0.3 is 14.8 Å². The summed E-state index contributed by atoms with van der Waals surface area (Å²) in [5.74, 6) is -0.235. The number of nitriles is 1. The monoisotopic (exact) mass is 401 g/mol. The quantitative estimate of drug-likeness (QED) is 0.683. The molecule has 3 aromatic rings. The molecule has 3 atom stereocenters. The van der Waals surface area contributed by atoms with Gasteiger partial charge in [-0.15, -0.1) is 0 Å². The molecule has 0 bridgehead atoms. The number of rotatable bonds is 2. The molecule has 3 heterocycles. The van der Waals surface area contributed by atoms with Gasteiger partial charge in [-0.05, 0) is 25.2 Å². The van der Waals surface area contributed by atoms with E-state index in [1.165, 1.54) is 6.26 Å². The van der Waals surface area contributed by atoms with Crippen LogP contribution in [0.1, 0.15) is 23.7 Å². The predicted molar refractivity (Wildman–Crippen MR) is 109 cm³/mol. The Kier molecular flexibility index (Phi) is 3.87. The fourth-order valence-corrected chi connectivity index (χ4v) is 4.96. The molecule has 2 aliphatic rings. The first-order chi connectivity index (χ1) is 14.4. The Balaban J connectivity index is 1.63. The minimum atomic E-state index is -1.41. The maximum absolute atomic E-state index is 13.0. The van der Waals surface area contributed by atoms with Crippen molar-refractivity contribution in [2.75, 3.05) is 18.9 Å². The molecule has 0 saturated carbocycles. The second kappa shape index (κ2) is 6.26. The SMILES string of the molecule is CN1C[C@@](C#N)([C@H](O)c2coc3ccccc3c2=O)C[C@@]12C(=O)Nc1ccccc12. The molecular formula is C23H19N3O4. The predicted octanol–water partition coefficient (Wildman–Crippen LogP) is 2.52. The van der Waals surface area contributed by atoms with Gasteiger partial charge in [-0.1, -0.05) is 30.3 Å². The van der Waals surface area contributed by atoms with Crippen LogP contribution in [0, 0.1) is 16.7 Å². The van der Waals surface area contributed by atoms with E-state index < -0.39 is 17.1 Å². The molecule has 7 nitrogen and oxygen atoms in total. The standard InChI is InChI=1S/C23H19N3O4/c1-26-13-22(12-24,11-23(26)16-7-3-4-8-17(16)25-21(23)29)20(28)15-10-30-18-9-5-2-6-14(18)19(15)27/h2-10,20,28H,11,13H2,1H3,(H,25,29)/t20-,22-,23-/m1/s1. The fourth-order valence-electron chi connectivity index (χ4n) is 4.96. The third-order valence-corrected chi connectivity index (χ3v) is 6.49. The summed E-state index contributed by atoms with van der Waals surface area (Å²) < 4.78 is 5.55. The van der Waals surface area contributed by atoms with Crippen LogP contribution in [0.5, 0.6) is 0 Å². The van der Waals surface area contributed by atoms with Crippen LogP contribution in [0.15, 0.2) is 64.0 Å². The number of likely N-dealkylation sites (N-methyl/N-ethyl adjacent to an activating group) is 1. The molecule has 150 valence electrons. The molecule has 2 N–H and O–H groups in total. The minimum Gasteiger partial charge on any atom is -0.464 e.